The van der Waals surface area contributed by atoms with Crippen molar-refractivity contribution in [1.29, 1.82) is 0 Å². The lowest BCUT2D eigenvalue weighted by Gasteiger charge is -2.22. The van der Waals surface area contributed by atoms with Gasteiger partial charge in [0, 0.05) is 13.6 Å². The number of halogens is 1. The Morgan fingerprint density at radius 1 is 1.38 bits per heavy atom. The van der Waals surface area contributed by atoms with Crippen LogP contribution in [0.2, 0.25) is 0 Å². The molecule has 1 aromatic carbocycles. The van der Waals surface area contributed by atoms with E-state index in [0.717, 1.165) is 18.9 Å². The molecule has 116 valence electrons. The third kappa shape index (κ3) is 4.10. The van der Waals surface area contributed by atoms with Crippen LogP contribution in [0.25, 0.3) is 0 Å². The Hall–Kier alpha value is -0.820. The van der Waals surface area contributed by atoms with E-state index < -0.39 is 0 Å². The van der Waals surface area contributed by atoms with Crippen LogP contribution in [0.4, 0.5) is 0 Å². The molecule has 2 aliphatic heterocycles. The van der Waals surface area contributed by atoms with Gasteiger partial charge in [-0.1, -0.05) is 29.8 Å². The van der Waals surface area contributed by atoms with E-state index in [4.69, 9.17) is 4.74 Å². The first-order valence-electron chi connectivity index (χ1n) is 7.43. The van der Waals surface area contributed by atoms with E-state index in [9.17, 15) is 0 Å². The molecule has 3 unspecified atom stereocenters. The lowest BCUT2D eigenvalue weighted by molar-refractivity contribution is 0.0992. The Morgan fingerprint density at radius 3 is 2.86 bits per heavy atom. The van der Waals surface area contributed by atoms with Crippen molar-refractivity contribution in [1.82, 2.24) is 10.6 Å². The molecule has 4 nitrogen and oxygen atoms in total. The molecule has 0 amide bonds. The molecule has 2 aliphatic rings. The van der Waals surface area contributed by atoms with Gasteiger partial charge in [0.25, 0.3) is 0 Å². The number of nitrogens with zero attached hydrogens (tertiary/aromatic N) is 1. The molecule has 3 atom stereocenters. The van der Waals surface area contributed by atoms with Gasteiger partial charge in [0.1, 0.15) is 0 Å². The van der Waals surface area contributed by atoms with Crippen LogP contribution in [0.5, 0.6) is 0 Å². The molecule has 3 rings (SSSR count). The van der Waals surface area contributed by atoms with Crippen molar-refractivity contribution < 1.29 is 4.74 Å². The SMILES string of the molecule is CN=C(NCc1cccc(C)c1)NC1CC2CCC1O2.I. The predicted molar refractivity (Wildman–Crippen MR) is 96.2 cm³/mol. The normalized spacial score (nSPS) is 27.3. The van der Waals surface area contributed by atoms with E-state index in [1.807, 2.05) is 7.05 Å². The maximum Gasteiger partial charge on any atom is 0.191 e. The van der Waals surface area contributed by atoms with Crippen molar-refractivity contribution in [2.45, 2.75) is 51.0 Å². The first-order chi connectivity index (χ1) is 9.74. The fourth-order valence-corrected chi connectivity index (χ4v) is 3.17. The molecule has 2 fully saturated rings. The average molecular weight is 401 g/mol. The summed E-state index contributed by atoms with van der Waals surface area (Å²) in [6, 6.07) is 8.95. The Kier molecular flexibility index (Phi) is 5.87. The summed E-state index contributed by atoms with van der Waals surface area (Å²) in [7, 11) is 1.82. The minimum absolute atomic E-state index is 0. The minimum atomic E-state index is 0. The molecule has 0 aliphatic carbocycles. The second kappa shape index (κ2) is 7.45. The van der Waals surface area contributed by atoms with Gasteiger partial charge in [-0.15, -0.1) is 24.0 Å². The Morgan fingerprint density at radius 2 is 2.24 bits per heavy atom. The van der Waals surface area contributed by atoms with Gasteiger partial charge in [0.2, 0.25) is 0 Å². The number of nitrogens with one attached hydrogen (secondary N) is 2. The van der Waals surface area contributed by atoms with E-state index in [2.05, 4.69) is 46.8 Å². The molecule has 1 aromatic rings. The molecule has 5 heteroatoms. The first-order valence-corrected chi connectivity index (χ1v) is 7.43. The molecular weight excluding hydrogens is 377 g/mol. The zero-order chi connectivity index (χ0) is 13.9. The molecule has 2 N–H and O–H groups in total. The van der Waals surface area contributed by atoms with Crippen molar-refractivity contribution in [3.8, 4) is 0 Å². The minimum Gasteiger partial charge on any atom is -0.373 e. The summed E-state index contributed by atoms with van der Waals surface area (Å²) in [6.07, 6.45) is 4.34. The van der Waals surface area contributed by atoms with Gasteiger partial charge in [-0.3, -0.25) is 4.99 Å². The zero-order valence-electron chi connectivity index (χ0n) is 12.6. The van der Waals surface area contributed by atoms with Gasteiger partial charge in [-0.05, 0) is 31.7 Å². The fourth-order valence-electron chi connectivity index (χ4n) is 3.17. The third-order valence-electron chi connectivity index (χ3n) is 4.19. The maximum absolute atomic E-state index is 5.86. The molecule has 2 saturated heterocycles. The van der Waals surface area contributed by atoms with E-state index in [0.29, 0.717) is 18.2 Å². The van der Waals surface area contributed by atoms with E-state index in [-0.39, 0.29) is 24.0 Å². The van der Waals surface area contributed by atoms with Crippen LogP contribution in [-0.2, 0) is 11.3 Å². The van der Waals surface area contributed by atoms with Crippen molar-refractivity contribution in [2.24, 2.45) is 4.99 Å². The summed E-state index contributed by atoms with van der Waals surface area (Å²) < 4.78 is 5.86. The van der Waals surface area contributed by atoms with E-state index in [1.54, 1.807) is 0 Å². The number of hydrogen-bond acceptors (Lipinski definition) is 2. The van der Waals surface area contributed by atoms with Crippen LogP contribution in [0.3, 0.4) is 0 Å². The smallest absolute Gasteiger partial charge is 0.191 e. The van der Waals surface area contributed by atoms with Gasteiger partial charge < -0.3 is 15.4 Å². The lowest BCUT2D eigenvalue weighted by Crippen LogP contribution is -2.47. The van der Waals surface area contributed by atoms with Crippen LogP contribution < -0.4 is 10.6 Å². The predicted octanol–water partition coefficient (Wildman–Crippen LogP) is 2.60. The maximum atomic E-state index is 5.86. The highest BCUT2D eigenvalue weighted by atomic mass is 127. The second-order valence-corrected chi connectivity index (χ2v) is 5.78. The number of hydrogen-bond donors (Lipinski definition) is 2. The summed E-state index contributed by atoms with van der Waals surface area (Å²) in [4.78, 5) is 4.31. The largest absolute Gasteiger partial charge is 0.373 e. The molecule has 0 aromatic heterocycles. The fraction of sp³-hybridized carbons (Fsp3) is 0.562. The number of ether oxygens (including phenoxy) is 1. The van der Waals surface area contributed by atoms with Gasteiger partial charge in [0.15, 0.2) is 5.96 Å². The quantitative estimate of drug-likeness (QED) is 0.465. The Balaban J connectivity index is 0.00000161. The molecule has 0 radical (unpaired) electrons. The standard InChI is InChI=1S/C16H23N3O.HI/c1-11-4-3-5-12(8-11)10-18-16(17-2)19-14-9-13-6-7-15(14)20-13;/h3-5,8,13-15H,6-7,9-10H2,1-2H3,(H2,17,18,19);1H. The molecule has 2 bridgehead atoms. The van der Waals surface area contributed by atoms with Gasteiger partial charge in [-0.2, -0.15) is 0 Å². The highest BCUT2D eigenvalue weighted by Crippen LogP contribution is 2.34. The lowest BCUT2D eigenvalue weighted by atomic mass is 9.96. The summed E-state index contributed by atoms with van der Waals surface area (Å²) in [5, 5.41) is 6.88. The molecule has 2 heterocycles. The Bertz CT molecular complexity index is 506. The summed E-state index contributed by atoms with van der Waals surface area (Å²) in [5.41, 5.74) is 2.56. The monoisotopic (exact) mass is 401 g/mol. The number of rotatable bonds is 3. The number of aliphatic imine (C=N–C) groups is 1. The van der Waals surface area contributed by atoms with Crippen LogP contribution in [0, 0.1) is 6.92 Å². The van der Waals surface area contributed by atoms with Gasteiger partial charge >= 0.3 is 0 Å². The van der Waals surface area contributed by atoms with Crippen molar-refractivity contribution in [3.05, 3.63) is 35.4 Å². The number of guanidine groups is 1. The zero-order valence-corrected chi connectivity index (χ0v) is 15.0. The molecular formula is C16H24IN3O. The van der Waals surface area contributed by atoms with E-state index >= 15 is 0 Å². The van der Waals surface area contributed by atoms with Crippen LogP contribution in [-0.4, -0.2) is 31.3 Å². The number of aryl methyl sites for hydroxylation is 1. The Labute approximate surface area is 143 Å². The van der Waals surface area contributed by atoms with E-state index in [1.165, 1.54) is 24.0 Å². The molecule has 21 heavy (non-hydrogen) atoms. The summed E-state index contributed by atoms with van der Waals surface area (Å²) in [6.45, 7) is 2.91. The van der Waals surface area contributed by atoms with Gasteiger partial charge in [0.05, 0.1) is 18.2 Å². The highest BCUT2D eigenvalue weighted by molar-refractivity contribution is 14.0. The number of benzene rings is 1. The number of fused-ring (bicyclic) bond motifs is 2. The molecule has 0 saturated carbocycles. The van der Waals surface area contributed by atoms with Crippen molar-refractivity contribution in [3.63, 3.8) is 0 Å². The second-order valence-electron chi connectivity index (χ2n) is 5.78. The highest BCUT2D eigenvalue weighted by Gasteiger charge is 2.41. The third-order valence-corrected chi connectivity index (χ3v) is 4.19. The summed E-state index contributed by atoms with van der Waals surface area (Å²) in [5.74, 6) is 0.868. The van der Waals surface area contributed by atoms with Crippen LogP contribution >= 0.6 is 24.0 Å². The molecule has 0 spiro atoms. The van der Waals surface area contributed by atoms with Crippen LogP contribution in [0.15, 0.2) is 29.3 Å². The van der Waals surface area contributed by atoms with Crippen LogP contribution in [0.1, 0.15) is 30.4 Å². The summed E-state index contributed by atoms with van der Waals surface area (Å²) >= 11 is 0. The van der Waals surface area contributed by atoms with Gasteiger partial charge in [-0.25, -0.2) is 0 Å². The van der Waals surface area contributed by atoms with Crippen molar-refractivity contribution in [2.75, 3.05) is 7.05 Å². The first kappa shape index (κ1) is 16.5. The van der Waals surface area contributed by atoms with Crippen molar-refractivity contribution >= 4 is 29.9 Å². The average Bonchev–Trinajstić information content (AvgIpc) is 3.06. The topological polar surface area (TPSA) is 45.7 Å².